The minimum atomic E-state index is -0.123. The summed E-state index contributed by atoms with van der Waals surface area (Å²) < 4.78 is 3.27. The van der Waals surface area contributed by atoms with Crippen molar-refractivity contribution in [3.05, 3.63) is 50.9 Å². The van der Waals surface area contributed by atoms with Crippen LogP contribution in [0.2, 0.25) is 0 Å². The van der Waals surface area contributed by atoms with Crippen molar-refractivity contribution in [1.82, 2.24) is 9.55 Å². The zero-order valence-electron chi connectivity index (χ0n) is 11.2. The van der Waals surface area contributed by atoms with Gasteiger partial charge in [0.2, 0.25) is 0 Å². The Balaban J connectivity index is 2.24. The fourth-order valence-electron chi connectivity index (χ4n) is 2.44. The first kappa shape index (κ1) is 14.1. The first-order valence-electron chi connectivity index (χ1n) is 6.41. The van der Waals surface area contributed by atoms with E-state index in [9.17, 15) is 0 Å². The summed E-state index contributed by atoms with van der Waals surface area (Å²) in [6.07, 6.45) is 0. The summed E-state index contributed by atoms with van der Waals surface area (Å²) in [5.41, 5.74) is 3.38. The van der Waals surface area contributed by atoms with Crippen molar-refractivity contribution >= 4 is 49.9 Å². The Hall–Kier alpha value is -0.840. The van der Waals surface area contributed by atoms with Gasteiger partial charge in [0.05, 0.1) is 22.5 Å². The number of thiophene rings is 1. The highest BCUT2D eigenvalue weighted by Gasteiger charge is 2.20. The normalized spacial score (nSPS) is 14.6. The van der Waals surface area contributed by atoms with Gasteiger partial charge >= 0.3 is 0 Å². The van der Waals surface area contributed by atoms with Crippen molar-refractivity contribution in [1.29, 1.82) is 0 Å². The number of fused-ring (bicyclic) bond motifs is 1. The van der Waals surface area contributed by atoms with Crippen LogP contribution in [0.5, 0.6) is 0 Å². The Kier molecular flexibility index (Phi) is 3.89. The number of benzene rings is 1. The number of aromatic nitrogens is 2. The minimum Gasteiger partial charge on any atom is -0.319 e. The molecule has 0 aliphatic carbocycles. The molecule has 2 aromatic heterocycles. The highest BCUT2D eigenvalue weighted by molar-refractivity contribution is 9.10. The first-order valence-corrected chi connectivity index (χ1v) is 8.58. The van der Waals surface area contributed by atoms with E-state index < -0.39 is 0 Å². The molecule has 0 N–H and O–H groups in total. The summed E-state index contributed by atoms with van der Waals surface area (Å²) >= 11 is 11.5. The van der Waals surface area contributed by atoms with E-state index in [0.717, 1.165) is 21.3 Å². The van der Waals surface area contributed by atoms with Gasteiger partial charge in [-0.05, 0) is 54.4 Å². The Morgan fingerprint density at radius 2 is 2.10 bits per heavy atom. The summed E-state index contributed by atoms with van der Waals surface area (Å²) in [6, 6.07) is 8.56. The Morgan fingerprint density at radius 3 is 2.75 bits per heavy atom. The minimum absolute atomic E-state index is 0.123. The maximum atomic E-state index is 6.33. The Labute approximate surface area is 135 Å². The van der Waals surface area contributed by atoms with Crippen LogP contribution in [-0.2, 0) is 0 Å². The SMILES string of the molecule is CC(Cl)c1nc2cc(Br)ccc2n1C(C)c1ccsc1. The molecule has 3 rings (SSSR count). The lowest BCUT2D eigenvalue weighted by Gasteiger charge is -2.17. The molecule has 20 heavy (non-hydrogen) atoms. The number of nitrogens with zero attached hydrogens (tertiary/aromatic N) is 2. The van der Waals surface area contributed by atoms with Gasteiger partial charge in [-0.15, -0.1) is 11.6 Å². The molecule has 2 heterocycles. The summed E-state index contributed by atoms with van der Waals surface area (Å²) in [4.78, 5) is 4.71. The van der Waals surface area contributed by atoms with Crippen molar-refractivity contribution < 1.29 is 0 Å². The molecule has 104 valence electrons. The van der Waals surface area contributed by atoms with Crippen LogP contribution in [0.15, 0.2) is 39.5 Å². The molecule has 0 spiro atoms. The van der Waals surface area contributed by atoms with Gasteiger partial charge in [0.25, 0.3) is 0 Å². The van der Waals surface area contributed by atoms with Gasteiger partial charge in [0.1, 0.15) is 5.82 Å². The van der Waals surface area contributed by atoms with Crippen LogP contribution in [-0.4, -0.2) is 9.55 Å². The zero-order valence-corrected chi connectivity index (χ0v) is 14.3. The van der Waals surface area contributed by atoms with Gasteiger partial charge in [-0.25, -0.2) is 4.98 Å². The molecule has 0 radical (unpaired) electrons. The molecule has 3 aromatic rings. The number of hydrogen-bond acceptors (Lipinski definition) is 2. The van der Waals surface area contributed by atoms with Gasteiger partial charge in [-0.3, -0.25) is 0 Å². The molecule has 0 bridgehead atoms. The Morgan fingerprint density at radius 1 is 1.30 bits per heavy atom. The molecular formula is C15H14BrClN2S. The molecule has 5 heteroatoms. The lowest BCUT2D eigenvalue weighted by molar-refractivity contribution is 0.620. The van der Waals surface area contributed by atoms with Crippen LogP contribution in [0.3, 0.4) is 0 Å². The van der Waals surface area contributed by atoms with Gasteiger partial charge in [-0.1, -0.05) is 15.9 Å². The average Bonchev–Trinajstić information content (AvgIpc) is 3.04. The molecule has 2 atom stereocenters. The van der Waals surface area contributed by atoms with Gasteiger partial charge < -0.3 is 4.57 Å². The average molecular weight is 370 g/mol. The second kappa shape index (κ2) is 5.51. The van der Waals surface area contributed by atoms with Gasteiger partial charge in [0.15, 0.2) is 0 Å². The van der Waals surface area contributed by atoms with Crippen molar-refractivity contribution in [3.63, 3.8) is 0 Å². The molecule has 1 aromatic carbocycles. The third-order valence-corrected chi connectivity index (χ3v) is 4.84. The summed E-state index contributed by atoms with van der Waals surface area (Å²) in [7, 11) is 0. The molecule has 2 nitrogen and oxygen atoms in total. The maximum absolute atomic E-state index is 6.33. The second-order valence-corrected chi connectivity index (χ2v) is 7.17. The van der Waals surface area contributed by atoms with Crippen LogP contribution < -0.4 is 0 Å². The lowest BCUT2D eigenvalue weighted by atomic mass is 10.1. The first-order chi connectivity index (χ1) is 9.58. The van der Waals surface area contributed by atoms with E-state index in [1.54, 1.807) is 11.3 Å². The summed E-state index contributed by atoms with van der Waals surface area (Å²) in [5.74, 6) is 0.915. The predicted molar refractivity (Wildman–Crippen MR) is 89.8 cm³/mol. The number of alkyl halides is 1. The number of hydrogen-bond donors (Lipinski definition) is 0. The zero-order chi connectivity index (χ0) is 14.3. The topological polar surface area (TPSA) is 17.8 Å². The molecule has 2 unspecified atom stereocenters. The number of rotatable bonds is 3. The van der Waals surface area contributed by atoms with Crippen molar-refractivity contribution in [2.45, 2.75) is 25.3 Å². The third kappa shape index (κ3) is 2.41. The predicted octanol–water partition coefficient (Wildman–Crippen LogP) is 5.77. The molecule has 0 aliphatic heterocycles. The van der Waals surface area contributed by atoms with Crippen LogP contribution in [0.25, 0.3) is 11.0 Å². The molecule has 0 aliphatic rings. The standard InChI is InChI=1S/C15H14BrClN2S/c1-9(17)15-18-13-7-12(16)3-4-14(13)19(15)10(2)11-5-6-20-8-11/h3-10H,1-2H3. The van der Waals surface area contributed by atoms with Crippen LogP contribution >= 0.6 is 38.9 Å². The van der Waals surface area contributed by atoms with Crippen LogP contribution in [0.1, 0.15) is 36.7 Å². The lowest BCUT2D eigenvalue weighted by Crippen LogP contribution is -2.10. The van der Waals surface area contributed by atoms with E-state index >= 15 is 0 Å². The third-order valence-electron chi connectivity index (χ3n) is 3.45. The fraction of sp³-hybridized carbons (Fsp3) is 0.267. The highest BCUT2D eigenvalue weighted by Crippen LogP contribution is 2.32. The summed E-state index contributed by atoms with van der Waals surface area (Å²) in [5, 5.41) is 4.16. The molecule has 0 amide bonds. The smallest absolute Gasteiger partial charge is 0.128 e. The molecule has 0 saturated heterocycles. The summed E-state index contributed by atoms with van der Waals surface area (Å²) in [6.45, 7) is 4.16. The fourth-order valence-corrected chi connectivity index (χ4v) is 3.69. The van der Waals surface area contributed by atoms with E-state index in [4.69, 9.17) is 16.6 Å². The second-order valence-electron chi connectivity index (χ2n) is 4.82. The number of halogens is 2. The van der Waals surface area contributed by atoms with E-state index in [1.807, 2.05) is 19.1 Å². The molecule has 0 saturated carbocycles. The Bertz CT molecular complexity index is 734. The van der Waals surface area contributed by atoms with Crippen LogP contribution in [0, 0.1) is 0 Å². The van der Waals surface area contributed by atoms with Gasteiger partial charge in [-0.2, -0.15) is 11.3 Å². The largest absolute Gasteiger partial charge is 0.319 e. The maximum Gasteiger partial charge on any atom is 0.128 e. The van der Waals surface area contributed by atoms with Crippen LogP contribution in [0.4, 0.5) is 0 Å². The van der Waals surface area contributed by atoms with E-state index in [-0.39, 0.29) is 11.4 Å². The van der Waals surface area contributed by atoms with Crippen molar-refractivity contribution in [3.8, 4) is 0 Å². The van der Waals surface area contributed by atoms with E-state index in [1.165, 1.54) is 5.56 Å². The molecular weight excluding hydrogens is 356 g/mol. The monoisotopic (exact) mass is 368 g/mol. The van der Waals surface area contributed by atoms with E-state index in [2.05, 4.69) is 50.3 Å². The number of imidazole rings is 1. The van der Waals surface area contributed by atoms with Gasteiger partial charge in [0, 0.05) is 4.47 Å². The van der Waals surface area contributed by atoms with E-state index in [0.29, 0.717) is 0 Å². The molecule has 0 fully saturated rings. The highest BCUT2D eigenvalue weighted by atomic mass is 79.9. The van der Waals surface area contributed by atoms with Crippen molar-refractivity contribution in [2.24, 2.45) is 0 Å². The quantitative estimate of drug-likeness (QED) is 0.536. The van der Waals surface area contributed by atoms with Crippen molar-refractivity contribution in [2.75, 3.05) is 0 Å².